The van der Waals surface area contributed by atoms with Crippen molar-refractivity contribution in [2.24, 2.45) is 0 Å². The van der Waals surface area contributed by atoms with E-state index in [4.69, 9.17) is 7.10 Å². The zero-order chi connectivity index (χ0) is 14.5. The van der Waals surface area contributed by atoms with Crippen molar-refractivity contribution in [3.8, 4) is 0 Å². The zero-order valence-corrected chi connectivity index (χ0v) is 10.4. The van der Waals surface area contributed by atoms with Crippen molar-refractivity contribution < 1.29 is 11.0 Å². The molecule has 1 aromatic rings. The molecule has 0 radical (unpaired) electrons. The molecule has 3 N–H and O–H groups in total. The topological polar surface area (TPSA) is 75.4 Å². The van der Waals surface area contributed by atoms with E-state index in [2.05, 4.69) is 11.9 Å². The molecule has 2 heterocycles. The van der Waals surface area contributed by atoms with Gasteiger partial charge in [-0.3, -0.25) is 9.59 Å². The van der Waals surface area contributed by atoms with Crippen molar-refractivity contribution in [1.82, 2.24) is 10.2 Å². The summed E-state index contributed by atoms with van der Waals surface area (Å²) < 4.78 is 8.40. The second kappa shape index (κ2) is 4.12. The second-order valence-corrected chi connectivity index (χ2v) is 4.77. The molecule has 0 spiro atoms. The molecule has 19 heavy (non-hydrogen) atoms. The van der Waals surface area contributed by atoms with Crippen LogP contribution in [0.15, 0.2) is 30.5 Å². The van der Waals surface area contributed by atoms with E-state index in [-0.39, 0.29) is 18.9 Å². The van der Waals surface area contributed by atoms with Gasteiger partial charge in [0.2, 0.25) is 5.91 Å². The minimum Gasteiger partial charge on any atom is -0.398 e. The minimum atomic E-state index is -1.59. The van der Waals surface area contributed by atoms with Gasteiger partial charge in [0.1, 0.15) is 6.02 Å². The highest BCUT2D eigenvalue weighted by atomic mass is 16.2. The summed E-state index contributed by atoms with van der Waals surface area (Å²) in [6, 6.07) is 3.50. The van der Waals surface area contributed by atoms with Gasteiger partial charge in [0.05, 0.1) is 1.37 Å². The molecule has 1 aromatic carbocycles. The summed E-state index contributed by atoms with van der Waals surface area (Å²) in [6.07, 6.45) is 0.738. The Hall–Kier alpha value is -2.30. The summed E-state index contributed by atoms with van der Waals surface area (Å²) in [5.74, 6) is -0.821. The SMILES string of the molecule is [2H][C@]1(N2Cc3c(N)cccc3C2=O)CCC(=C)NC1=O. The van der Waals surface area contributed by atoms with Crippen LogP contribution in [0.5, 0.6) is 0 Å². The van der Waals surface area contributed by atoms with Gasteiger partial charge in [-0.15, -0.1) is 0 Å². The third-order valence-corrected chi connectivity index (χ3v) is 3.55. The lowest BCUT2D eigenvalue weighted by atomic mass is 10.0. The fourth-order valence-corrected chi connectivity index (χ4v) is 2.51. The van der Waals surface area contributed by atoms with Crippen molar-refractivity contribution in [3.05, 3.63) is 41.6 Å². The number of rotatable bonds is 1. The molecule has 0 bridgehead atoms. The number of hydrogen-bond acceptors (Lipinski definition) is 3. The lowest BCUT2D eigenvalue weighted by Crippen LogP contribution is -2.49. The quantitative estimate of drug-likeness (QED) is 0.738. The summed E-state index contributed by atoms with van der Waals surface area (Å²) in [5, 5.41) is 2.56. The lowest BCUT2D eigenvalue weighted by molar-refractivity contribution is -0.126. The maximum atomic E-state index is 12.4. The fourth-order valence-electron chi connectivity index (χ4n) is 2.51. The highest BCUT2D eigenvalue weighted by Gasteiger charge is 2.38. The van der Waals surface area contributed by atoms with E-state index in [1.165, 1.54) is 4.90 Å². The number of benzene rings is 1. The molecule has 5 heteroatoms. The monoisotopic (exact) mass is 258 g/mol. The van der Waals surface area contributed by atoms with Gasteiger partial charge in [0, 0.05) is 29.1 Å². The normalized spacial score (nSPS) is 27.1. The Labute approximate surface area is 112 Å². The largest absolute Gasteiger partial charge is 0.398 e. The van der Waals surface area contributed by atoms with Crippen molar-refractivity contribution in [3.63, 3.8) is 0 Å². The Balaban J connectivity index is 1.98. The molecular formula is C14H15N3O2. The van der Waals surface area contributed by atoms with E-state index in [0.717, 1.165) is 0 Å². The van der Waals surface area contributed by atoms with Crippen LogP contribution in [0.25, 0.3) is 0 Å². The molecule has 0 aliphatic carbocycles. The molecule has 5 nitrogen and oxygen atoms in total. The summed E-state index contributed by atoms with van der Waals surface area (Å²) in [5.41, 5.74) is 8.15. The van der Waals surface area contributed by atoms with Crippen LogP contribution < -0.4 is 11.1 Å². The average molecular weight is 258 g/mol. The Morgan fingerprint density at radius 1 is 1.47 bits per heavy atom. The number of amides is 2. The van der Waals surface area contributed by atoms with Gasteiger partial charge in [-0.1, -0.05) is 12.6 Å². The Morgan fingerprint density at radius 2 is 2.26 bits per heavy atom. The number of carbonyl (C=O) groups is 2. The molecule has 0 unspecified atom stereocenters. The van der Waals surface area contributed by atoms with Gasteiger partial charge in [-0.05, 0) is 25.0 Å². The first kappa shape index (κ1) is 10.6. The van der Waals surface area contributed by atoms with Gasteiger partial charge in [0.15, 0.2) is 0 Å². The molecule has 0 aromatic heterocycles. The third kappa shape index (κ3) is 1.78. The molecule has 1 saturated heterocycles. The summed E-state index contributed by atoms with van der Waals surface area (Å²) in [7, 11) is 0. The number of nitrogens with zero attached hydrogens (tertiary/aromatic N) is 1. The molecule has 2 aliphatic rings. The van der Waals surface area contributed by atoms with E-state index < -0.39 is 11.9 Å². The third-order valence-electron chi connectivity index (χ3n) is 3.55. The number of nitrogens with two attached hydrogens (primary N) is 1. The molecule has 1 fully saturated rings. The molecule has 2 amide bonds. The predicted molar refractivity (Wildman–Crippen MR) is 71.0 cm³/mol. The molecule has 1 atom stereocenters. The zero-order valence-electron chi connectivity index (χ0n) is 11.4. The smallest absolute Gasteiger partial charge is 0.255 e. The Morgan fingerprint density at radius 3 is 2.95 bits per heavy atom. The number of allylic oxidation sites excluding steroid dienone is 1. The number of fused-ring (bicyclic) bond motifs is 1. The van der Waals surface area contributed by atoms with Gasteiger partial charge in [-0.2, -0.15) is 0 Å². The molecule has 0 saturated carbocycles. The van der Waals surface area contributed by atoms with Crippen LogP contribution in [0.4, 0.5) is 5.69 Å². The fraction of sp³-hybridized carbons (Fsp3) is 0.286. The van der Waals surface area contributed by atoms with Crippen LogP contribution in [0.1, 0.15) is 30.1 Å². The van der Waals surface area contributed by atoms with Gasteiger partial charge < -0.3 is 16.0 Å². The first-order valence-electron chi connectivity index (χ1n) is 6.62. The molecule has 2 aliphatic heterocycles. The van der Waals surface area contributed by atoms with Crippen LogP contribution >= 0.6 is 0 Å². The van der Waals surface area contributed by atoms with E-state index in [1.54, 1.807) is 18.2 Å². The number of hydrogen-bond donors (Lipinski definition) is 2. The van der Waals surface area contributed by atoms with E-state index in [0.29, 0.717) is 28.9 Å². The van der Waals surface area contributed by atoms with Crippen LogP contribution in [0, 0.1) is 0 Å². The highest BCUT2D eigenvalue weighted by molar-refractivity contribution is 6.02. The van der Waals surface area contributed by atoms with Crippen molar-refractivity contribution >= 4 is 17.5 Å². The maximum absolute atomic E-state index is 12.4. The summed E-state index contributed by atoms with van der Waals surface area (Å²) in [6.45, 7) is 3.89. The Kier molecular flexibility index (Phi) is 2.30. The number of nitrogen functional groups attached to an aromatic ring is 1. The van der Waals surface area contributed by atoms with Crippen LogP contribution in [0.3, 0.4) is 0 Å². The predicted octanol–water partition coefficient (Wildman–Crippen LogP) is 1.02. The molecular weight excluding hydrogens is 242 g/mol. The standard InChI is InChI=1S/C14H15N3O2/c1-8-5-6-12(13(18)16-8)17-7-10-9(14(17)19)3-2-4-11(10)15/h2-4,12H,1,5-7,15H2,(H,16,18)/t12-/m0/s1/i12D. The Bertz CT molecular complexity index is 643. The van der Waals surface area contributed by atoms with Crippen molar-refractivity contribution in [1.29, 1.82) is 0 Å². The van der Waals surface area contributed by atoms with E-state index in [1.807, 2.05) is 0 Å². The first-order chi connectivity index (χ1) is 9.43. The van der Waals surface area contributed by atoms with Gasteiger partial charge in [0.25, 0.3) is 5.91 Å². The number of piperidine rings is 1. The first-order valence-corrected chi connectivity index (χ1v) is 6.12. The number of carbonyl (C=O) groups excluding carboxylic acids is 2. The average Bonchev–Trinajstić information content (AvgIpc) is 2.75. The second-order valence-electron chi connectivity index (χ2n) is 4.77. The number of nitrogens with one attached hydrogen (secondary N) is 1. The van der Waals surface area contributed by atoms with Crippen LogP contribution in [-0.2, 0) is 11.3 Å². The molecule has 98 valence electrons. The van der Waals surface area contributed by atoms with Crippen LogP contribution in [0.2, 0.25) is 0 Å². The number of anilines is 1. The lowest BCUT2D eigenvalue weighted by Gasteiger charge is -2.30. The molecule has 3 rings (SSSR count). The van der Waals surface area contributed by atoms with Crippen molar-refractivity contribution in [2.75, 3.05) is 5.73 Å². The van der Waals surface area contributed by atoms with Crippen LogP contribution in [-0.4, -0.2) is 22.7 Å². The van der Waals surface area contributed by atoms with Crippen molar-refractivity contribution in [2.45, 2.75) is 25.4 Å². The van der Waals surface area contributed by atoms with Gasteiger partial charge in [-0.25, -0.2) is 0 Å². The maximum Gasteiger partial charge on any atom is 0.255 e. The van der Waals surface area contributed by atoms with E-state index >= 15 is 0 Å². The highest BCUT2D eigenvalue weighted by Crippen LogP contribution is 2.31. The summed E-state index contributed by atoms with van der Waals surface area (Å²) >= 11 is 0. The minimum absolute atomic E-state index is 0.199. The summed E-state index contributed by atoms with van der Waals surface area (Å²) in [4.78, 5) is 25.8. The van der Waals surface area contributed by atoms with Gasteiger partial charge >= 0.3 is 0 Å². The van der Waals surface area contributed by atoms with E-state index in [9.17, 15) is 9.59 Å².